The van der Waals surface area contributed by atoms with E-state index in [1.165, 1.54) is 38.2 Å². The normalized spacial score (nSPS) is 31.2. The lowest BCUT2D eigenvalue weighted by Gasteiger charge is -2.64. The Labute approximate surface area is 445 Å². The van der Waals surface area contributed by atoms with E-state index in [0.717, 1.165) is 56.1 Å². The zero-order valence-electron chi connectivity index (χ0n) is 45.0. The van der Waals surface area contributed by atoms with Gasteiger partial charge in [0, 0.05) is 6.54 Å². The molecule has 3 saturated heterocycles. The summed E-state index contributed by atoms with van der Waals surface area (Å²) in [5.74, 6) is 0.817. The Morgan fingerprint density at radius 2 is 1.21 bits per heavy atom. The van der Waals surface area contributed by atoms with Crippen molar-refractivity contribution in [3.05, 3.63) is 83.2 Å². The fourth-order valence-electron chi connectivity index (χ4n) is 14.1. The number of carboxylic acids is 1. The molecule has 4 bridgehead atoms. The first-order valence-corrected chi connectivity index (χ1v) is 27.7. The van der Waals surface area contributed by atoms with E-state index in [1.807, 2.05) is 48.5 Å². The molecule has 16 nitrogen and oxygen atoms in total. The highest BCUT2D eigenvalue weighted by molar-refractivity contribution is 6.48. The fourth-order valence-corrected chi connectivity index (χ4v) is 14.1. The van der Waals surface area contributed by atoms with Gasteiger partial charge in [-0.1, -0.05) is 108 Å². The molecule has 0 spiro atoms. The van der Waals surface area contributed by atoms with Gasteiger partial charge in [0.05, 0.1) is 54.0 Å². The third kappa shape index (κ3) is 12.7. The van der Waals surface area contributed by atoms with Gasteiger partial charge in [0.1, 0.15) is 13.0 Å². The Morgan fingerprint density at radius 1 is 0.733 bits per heavy atom. The SMILES string of the molecule is CC1(C)[C@@H]2C[C@H]3OB([C@H](Cc4ccccc4)NC(=O)OCC4CCCCC4)O[C@@]3(C)[C@H]1C2.N#CCC(=O)O.[C-]#[N+]CC(=O)N1CCCC[C@@H]1COC(=O)N[C@@H](Cc1ccccc1)B1O[C@@H]2C[C@@H]3C[C@@H](C3(C)C)[C@]2(C)O1. The highest BCUT2D eigenvalue weighted by Crippen LogP contribution is 2.67. The number of aliphatic carboxylic acids is 1. The minimum atomic E-state index is -1.07. The number of amides is 3. The maximum Gasteiger partial charge on any atom is 0.482 e. The van der Waals surface area contributed by atoms with Crippen molar-refractivity contribution >= 4 is 38.3 Å². The number of carbonyl (C=O) groups excluding carboxylic acids is 3. The summed E-state index contributed by atoms with van der Waals surface area (Å²) in [7, 11) is -1.02. The third-order valence-corrected chi connectivity index (χ3v) is 18.8. The van der Waals surface area contributed by atoms with Gasteiger partial charge in [0.15, 0.2) is 0 Å². The number of alkyl carbamates (subject to hydrolysis) is 2. The second-order valence-electron chi connectivity index (χ2n) is 24.0. The molecule has 12 rings (SSSR count). The topological polar surface area (TPSA) is 199 Å². The molecule has 18 heteroatoms. The summed E-state index contributed by atoms with van der Waals surface area (Å²) in [5, 5.41) is 21.4. The molecular weight excluding hydrogens is 952 g/mol. The smallest absolute Gasteiger partial charge is 0.480 e. The average Bonchev–Trinajstić information content (AvgIpc) is 4.09. The van der Waals surface area contributed by atoms with Gasteiger partial charge < -0.3 is 53.6 Å². The molecule has 0 unspecified atom stereocenters. The van der Waals surface area contributed by atoms with Crippen LogP contribution in [-0.4, -0.2) is 116 Å². The van der Waals surface area contributed by atoms with Crippen LogP contribution in [-0.2, 0) is 50.5 Å². The van der Waals surface area contributed by atoms with Crippen LogP contribution in [0.4, 0.5) is 9.59 Å². The van der Waals surface area contributed by atoms with Gasteiger partial charge in [0.2, 0.25) is 0 Å². The summed E-state index contributed by atoms with van der Waals surface area (Å²) in [6.07, 6.45) is 13.2. The van der Waals surface area contributed by atoms with Crippen molar-refractivity contribution in [2.75, 3.05) is 26.3 Å². The van der Waals surface area contributed by atoms with Crippen LogP contribution in [0.25, 0.3) is 4.85 Å². The van der Waals surface area contributed by atoms with Crippen LogP contribution < -0.4 is 10.6 Å². The number of benzene rings is 2. The maximum absolute atomic E-state index is 13.0. The summed E-state index contributed by atoms with van der Waals surface area (Å²) in [6, 6.07) is 21.5. The van der Waals surface area contributed by atoms with E-state index >= 15 is 0 Å². The summed E-state index contributed by atoms with van der Waals surface area (Å²) < 4.78 is 37.6. The second kappa shape index (κ2) is 24.0. The van der Waals surface area contributed by atoms with Gasteiger partial charge in [-0.25, -0.2) is 16.2 Å². The average molecular weight is 1030 g/mol. The van der Waals surface area contributed by atoms with Gasteiger partial charge in [-0.05, 0) is 136 Å². The maximum atomic E-state index is 13.0. The molecule has 10 fully saturated rings. The van der Waals surface area contributed by atoms with Crippen molar-refractivity contribution in [3.8, 4) is 6.07 Å². The lowest BCUT2D eigenvalue weighted by atomic mass is 9.43. The van der Waals surface area contributed by atoms with Crippen molar-refractivity contribution in [3.63, 3.8) is 0 Å². The van der Waals surface area contributed by atoms with Crippen molar-refractivity contribution in [2.24, 2.45) is 40.4 Å². The molecule has 0 aromatic heterocycles. The number of likely N-dealkylation sites (tertiary alicyclic amines) is 1. The van der Waals surface area contributed by atoms with Crippen molar-refractivity contribution < 1.29 is 52.4 Å². The van der Waals surface area contributed by atoms with Gasteiger partial charge >= 0.3 is 38.3 Å². The monoisotopic (exact) mass is 1030 g/mol. The van der Waals surface area contributed by atoms with Crippen LogP contribution in [0.2, 0.25) is 0 Å². The first kappa shape index (κ1) is 56.1. The number of nitrogens with zero attached hydrogens (tertiary/aromatic N) is 3. The van der Waals surface area contributed by atoms with Crippen molar-refractivity contribution in [1.29, 1.82) is 5.26 Å². The molecule has 11 atom stereocenters. The number of nitriles is 1. The number of hydrogen-bond acceptors (Lipinski definition) is 11. The van der Waals surface area contributed by atoms with Crippen LogP contribution >= 0.6 is 0 Å². The van der Waals surface area contributed by atoms with E-state index in [0.29, 0.717) is 61.0 Å². The van der Waals surface area contributed by atoms with E-state index < -0.39 is 38.7 Å². The van der Waals surface area contributed by atoms with Gasteiger partial charge in [-0.15, -0.1) is 0 Å². The summed E-state index contributed by atoms with van der Waals surface area (Å²) in [5.41, 5.74) is 2.11. The molecule has 404 valence electrons. The van der Waals surface area contributed by atoms with E-state index in [4.69, 9.17) is 45.0 Å². The largest absolute Gasteiger partial charge is 0.482 e. The van der Waals surface area contributed by atoms with Crippen LogP contribution in [0, 0.1) is 58.3 Å². The minimum absolute atomic E-state index is 0.0228. The lowest BCUT2D eigenvalue weighted by Crippen LogP contribution is -2.65. The molecule has 2 aromatic carbocycles. The number of carboxylic acid groups (broad SMARTS) is 1. The van der Waals surface area contributed by atoms with Crippen LogP contribution in [0.3, 0.4) is 0 Å². The molecule has 3 aliphatic heterocycles. The van der Waals surface area contributed by atoms with E-state index in [9.17, 15) is 19.2 Å². The number of piperidine rings is 1. The van der Waals surface area contributed by atoms with Crippen LogP contribution in [0.15, 0.2) is 60.7 Å². The summed E-state index contributed by atoms with van der Waals surface area (Å²) in [6.45, 7) is 21.9. The highest BCUT2D eigenvalue weighted by atomic mass is 16.7. The van der Waals surface area contributed by atoms with Crippen LogP contribution in [0.5, 0.6) is 0 Å². The Morgan fingerprint density at radius 3 is 1.65 bits per heavy atom. The Hall–Kier alpha value is -5.13. The lowest BCUT2D eigenvalue weighted by molar-refractivity contribution is -0.199. The standard InChI is InChI=1S/C28H38BN3O5.C26H38BNO4.C3H3NO2/c1-27(2)20-15-22(27)28(3)23(16-20)36-29(37-28)24(14-19-10-6-5-7-11-19)31-26(34)35-18-21-12-8-9-13-32(21)25(33)17-30-4;1-25(2)20-15-21(25)26(3)22(16-20)31-27(32-26)23(14-18-10-6-4-7-11-18)28-24(29)30-17-19-12-8-5-9-13-19;4-2-1-3(5)6/h5-7,10-11,20-24H,8-9,12-18H2,1-3H3,(H,31,34);4,6-7,10-11,19-23H,5,8-9,12-17H2,1-3H3,(H,28,29);1H2,(H,5,6)/t20-,21+,22-,23+,24-,28-;20-,21-,22+,23-,26-;/m00./s1. The molecular formula is C57H79B2N5O11. The number of nitrogens with one attached hydrogen (secondary N) is 2. The Bertz CT molecular complexity index is 2380. The zero-order chi connectivity index (χ0) is 53.5. The first-order valence-electron chi connectivity index (χ1n) is 27.7. The Kier molecular flexibility index (Phi) is 18.0. The molecule has 3 N–H and O–H groups in total. The molecule has 3 heterocycles. The molecule has 0 radical (unpaired) electrons. The first-order chi connectivity index (χ1) is 35.8. The predicted octanol–water partition coefficient (Wildman–Crippen LogP) is 9.05. The third-order valence-electron chi connectivity index (χ3n) is 18.8. The molecule has 10 aliphatic rings. The highest BCUT2D eigenvalue weighted by Gasteiger charge is 2.70. The second-order valence-corrected chi connectivity index (χ2v) is 24.0. The van der Waals surface area contributed by atoms with E-state index in [2.05, 4.69) is 69.2 Å². The number of hydrogen-bond donors (Lipinski definition) is 3. The summed E-state index contributed by atoms with van der Waals surface area (Å²) >= 11 is 0. The van der Waals surface area contributed by atoms with E-state index in [-0.39, 0.29) is 66.0 Å². The number of ether oxygens (including phenoxy) is 2. The predicted molar refractivity (Wildman–Crippen MR) is 282 cm³/mol. The minimum Gasteiger partial charge on any atom is -0.480 e. The van der Waals surface area contributed by atoms with Gasteiger partial charge in [0.25, 0.3) is 6.54 Å². The molecule has 7 aliphatic carbocycles. The van der Waals surface area contributed by atoms with E-state index in [1.54, 1.807) is 4.90 Å². The molecule has 7 saturated carbocycles. The Balaban J connectivity index is 0.000000181. The quantitative estimate of drug-likeness (QED) is 0.120. The van der Waals surface area contributed by atoms with Crippen molar-refractivity contribution in [1.82, 2.24) is 15.5 Å². The van der Waals surface area contributed by atoms with Crippen LogP contribution in [0.1, 0.15) is 136 Å². The number of rotatable bonds is 14. The number of carbonyl (C=O) groups is 4. The molecule has 2 aromatic rings. The summed E-state index contributed by atoms with van der Waals surface area (Å²) in [4.78, 5) is 52.4. The molecule has 3 amide bonds. The van der Waals surface area contributed by atoms with Gasteiger partial charge in [-0.3, -0.25) is 9.59 Å². The van der Waals surface area contributed by atoms with Crippen molar-refractivity contribution in [2.45, 2.75) is 179 Å². The molecule has 75 heavy (non-hydrogen) atoms. The van der Waals surface area contributed by atoms with Gasteiger partial charge in [-0.2, -0.15) is 5.26 Å². The zero-order valence-corrected chi connectivity index (χ0v) is 45.0. The fraction of sp³-hybridized carbons (Fsp3) is 0.684.